The molecular formula is C14H19N3S2. The molecule has 3 nitrogen and oxygen atoms in total. The van der Waals surface area contributed by atoms with E-state index in [0.29, 0.717) is 12.0 Å². The van der Waals surface area contributed by atoms with Crippen LogP contribution in [0.3, 0.4) is 0 Å². The third-order valence-corrected chi connectivity index (χ3v) is 5.23. The summed E-state index contributed by atoms with van der Waals surface area (Å²) < 4.78 is 0. The monoisotopic (exact) mass is 293 g/mol. The summed E-state index contributed by atoms with van der Waals surface area (Å²) in [6, 6.07) is 0.544. The van der Waals surface area contributed by atoms with Crippen LogP contribution < -0.4 is 5.32 Å². The van der Waals surface area contributed by atoms with Crippen molar-refractivity contribution in [2.24, 2.45) is 0 Å². The Labute approximate surface area is 122 Å². The summed E-state index contributed by atoms with van der Waals surface area (Å²) in [6.07, 6.45) is 3.73. The fourth-order valence-electron chi connectivity index (χ4n) is 2.51. The first-order valence-electron chi connectivity index (χ1n) is 6.85. The van der Waals surface area contributed by atoms with E-state index in [1.54, 1.807) is 11.3 Å². The molecular weight excluding hydrogens is 274 g/mol. The van der Waals surface area contributed by atoms with E-state index in [1.165, 1.54) is 29.8 Å². The van der Waals surface area contributed by atoms with Crippen molar-refractivity contribution in [2.75, 3.05) is 6.54 Å². The Morgan fingerprint density at radius 2 is 2.37 bits per heavy atom. The molecule has 0 amide bonds. The summed E-state index contributed by atoms with van der Waals surface area (Å²) >= 11 is 3.47. The van der Waals surface area contributed by atoms with Crippen molar-refractivity contribution >= 4 is 22.7 Å². The topological polar surface area (TPSA) is 37.8 Å². The normalized spacial score (nSPS) is 18.8. The highest BCUT2D eigenvalue weighted by Gasteiger charge is 2.25. The number of nitrogens with zero attached hydrogens (tertiary/aromatic N) is 2. The van der Waals surface area contributed by atoms with Crippen LogP contribution in [0.2, 0.25) is 0 Å². The summed E-state index contributed by atoms with van der Waals surface area (Å²) in [5.74, 6) is 0.579. The molecule has 0 aliphatic heterocycles. The Morgan fingerprint density at radius 1 is 1.47 bits per heavy atom. The average Bonchev–Trinajstić information content (AvgIpc) is 3.04. The van der Waals surface area contributed by atoms with Gasteiger partial charge in [-0.15, -0.1) is 22.7 Å². The van der Waals surface area contributed by atoms with Crippen LogP contribution in [0, 0.1) is 0 Å². The van der Waals surface area contributed by atoms with Crippen LogP contribution in [0.4, 0.5) is 0 Å². The highest BCUT2D eigenvalue weighted by Crippen LogP contribution is 2.37. The Bertz CT molecular complexity index is 531. The van der Waals surface area contributed by atoms with Gasteiger partial charge in [-0.3, -0.25) is 0 Å². The molecule has 1 aliphatic carbocycles. The van der Waals surface area contributed by atoms with Gasteiger partial charge in [-0.05, 0) is 19.3 Å². The van der Waals surface area contributed by atoms with Crippen LogP contribution in [0.5, 0.6) is 0 Å². The Morgan fingerprint density at radius 3 is 3.11 bits per heavy atom. The summed E-state index contributed by atoms with van der Waals surface area (Å²) in [7, 11) is 0. The van der Waals surface area contributed by atoms with E-state index < -0.39 is 0 Å². The van der Waals surface area contributed by atoms with Crippen molar-refractivity contribution in [3.05, 3.63) is 21.5 Å². The van der Waals surface area contributed by atoms with Crippen molar-refractivity contribution in [2.45, 2.75) is 45.1 Å². The van der Waals surface area contributed by atoms with Crippen molar-refractivity contribution in [1.82, 2.24) is 15.3 Å². The van der Waals surface area contributed by atoms with Gasteiger partial charge in [-0.2, -0.15) is 0 Å². The summed E-state index contributed by atoms with van der Waals surface area (Å²) in [4.78, 5) is 10.7. The maximum atomic E-state index is 4.88. The van der Waals surface area contributed by atoms with Gasteiger partial charge in [0.05, 0.1) is 11.2 Å². The predicted molar refractivity (Wildman–Crippen MR) is 82.0 cm³/mol. The third-order valence-electron chi connectivity index (χ3n) is 3.49. The molecule has 2 aromatic rings. The van der Waals surface area contributed by atoms with Crippen LogP contribution in [-0.2, 0) is 6.42 Å². The number of aryl methyl sites for hydroxylation is 1. The molecule has 0 bridgehead atoms. The van der Waals surface area contributed by atoms with Crippen molar-refractivity contribution < 1.29 is 0 Å². The molecule has 1 atom stereocenters. The fraction of sp³-hybridized carbons (Fsp3) is 0.571. The first kappa shape index (κ1) is 13.2. The second-order valence-electron chi connectivity index (χ2n) is 5.35. The molecule has 0 saturated carbocycles. The van der Waals surface area contributed by atoms with Gasteiger partial charge in [-0.1, -0.05) is 13.8 Å². The van der Waals surface area contributed by atoms with E-state index in [4.69, 9.17) is 4.98 Å². The molecule has 102 valence electrons. The zero-order valence-electron chi connectivity index (χ0n) is 11.3. The lowest BCUT2D eigenvalue weighted by Crippen LogP contribution is -2.29. The van der Waals surface area contributed by atoms with Gasteiger partial charge < -0.3 is 5.32 Å². The zero-order valence-corrected chi connectivity index (χ0v) is 13.0. The lowest BCUT2D eigenvalue weighted by Gasteiger charge is -2.22. The minimum Gasteiger partial charge on any atom is -0.314 e. The molecule has 0 saturated heterocycles. The number of rotatable bonds is 4. The quantitative estimate of drug-likeness (QED) is 0.934. The average molecular weight is 293 g/mol. The number of thiazole rings is 2. The maximum absolute atomic E-state index is 4.88. The molecule has 0 spiro atoms. The maximum Gasteiger partial charge on any atom is 0.143 e. The van der Waals surface area contributed by atoms with E-state index in [1.807, 2.05) is 16.8 Å². The van der Waals surface area contributed by atoms with Crippen LogP contribution >= 0.6 is 22.7 Å². The predicted octanol–water partition coefficient (Wildman–Crippen LogP) is 3.68. The molecule has 1 aliphatic rings. The molecule has 0 radical (unpaired) electrons. The van der Waals surface area contributed by atoms with Gasteiger partial charge in [0.15, 0.2) is 0 Å². The van der Waals surface area contributed by atoms with Gasteiger partial charge in [0.2, 0.25) is 0 Å². The lowest BCUT2D eigenvalue weighted by molar-refractivity contribution is 0.475. The lowest BCUT2D eigenvalue weighted by atomic mass is 9.91. The standard InChI is InChI=1S/C14H19N3S2/c1-9(2)15-6-10-4-3-5-12-13(10)17-14(19-12)11-7-18-8-16-11/h7-10,15H,3-6H2,1-2H3. The number of aromatic nitrogens is 2. The van der Waals surface area contributed by atoms with Gasteiger partial charge in [-0.25, -0.2) is 9.97 Å². The molecule has 2 aromatic heterocycles. The summed E-state index contributed by atoms with van der Waals surface area (Å²) in [6.45, 7) is 5.45. The van der Waals surface area contributed by atoms with Gasteiger partial charge >= 0.3 is 0 Å². The van der Waals surface area contributed by atoms with Gasteiger partial charge in [0.25, 0.3) is 0 Å². The Hall–Kier alpha value is -0.780. The molecule has 5 heteroatoms. The molecule has 19 heavy (non-hydrogen) atoms. The van der Waals surface area contributed by atoms with Gasteiger partial charge in [0.1, 0.15) is 10.7 Å². The van der Waals surface area contributed by atoms with E-state index in [2.05, 4.69) is 29.5 Å². The first-order valence-corrected chi connectivity index (χ1v) is 8.61. The Kier molecular flexibility index (Phi) is 3.96. The van der Waals surface area contributed by atoms with E-state index >= 15 is 0 Å². The molecule has 1 N–H and O–H groups in total. The highest BCUT2D eigenvalue weighted by atomic mass is 32.1. The molecule has 2 heterocycles. The van der Waals surface area contributed by atoms with Crippen molar-refractivity contribution in [3.8, 4) is 10.7 Å². The second kappa shape index (κ2) is 5.69. The smallest absolute Gasteiger partial charge is 0.143 e. The van der Waals surface area contributed by atoms with E-state index in [-0.39, 0.29) is 0 Å². The SMILES string of the molecule is CC(C)NCC1CCCc2sc(-c3cscn3)nc21. The van der Waals surface area contributed by atoms with Crippen LogP contribution in [-0.4, -0.2) is 22.6 Å². The molecule has 3 rings (SSSR count). The molecule has 1 unspecified atom stereocenters. The highest BCUT2D eigenvalue weighted by molar-refractivity contribution is 7.15. The number of hydrogen-bond acceptors (Lipinski definition) is 5. The summed E-state index contributed by atoms with van der Waals surface area (Å²) in [5, 5.41) is 6.74. The minimum absolute atomic E-state index is 0.544. The van der Waals surface area contributed by atoms with Gasteiger partial charge in [0, 0.05) is 28.8 Å². The number of nitrogens with one attached hydrogen (secondary N) is 1. The van der Waals surface area contributed by atoms with Crippen LogP contribution in [0.15, 0.2) is 10.9 Å². The molecule has 0 aromatic carbocycles. The number of hydrogen-bond donors (Lipinski definition) is 1. The zero-order chi connectivity index (χ0) is 13.2. The first-order chi connectivity index (χ1) is 9.24. The van der Waals surface area contributed by atoms with E-state index in [9.17, 15) is 0 Å². The third kappa shape index (κ3) is 2.88. The van der Waals surface area contributed by atoms with Crippen LogP contribution in [0.1, 0.15) is 43.2 Å². The fourth-order valence-corrected chi connectivity index (χ4v) is 4.28. The van der Waals surface area contributed by atoms with Crippen molar-refractivity contribution in [3.63, 3.8) is 0 Å². The number of fused-ring (bicyclic) bond motifs is 1. The largest absolute Gasteiger partial charge is 0.314 e. The van der Waals surface area contributed by atoms with E-state index in [0.717, 1.165) is 17.2 Å². The van der Waals surface area contributed by atoms with Crippen LogP contribution in [0.25, 0.3) is 10.7 Å². The Balaban J connectivity index is 1.83. The minimum atomic E-state index is 0.544. The summed E-state index contributed by atoms with van der Waals surface area (Å²) in [5.41, 5.74) is 4.25. The van der Waals surface area contributed by atoms with Crippen molar-refractivity contribution in [1.29, 1.82) is 0 Å². The molecule has 0 fully saturated rings. The second-order valence-corrected chi connectivity index (χ2v) is 7.16.